The van der Waals surface area contributed by atoms with E-state index in [9.17, 15) is 0 Å². The largest absolute Gasteiger partial charge is 0.493 e. The second kappa shape index (κ2) is 10.5. The van der Waals surface area contributed by atoms with Gasteiger partial charge in [0.2, 0.25) is 0 Å². The molecule has 0 heterocycles. The summed E-state index contributed by atoms with van der Waals surface area (Å²) < 4.78 is 10.6. The topological polar surface area (TPSA) is 105 Å². The van der Waals surface area contributed by atoms with Gasteiger partial charge < -0.3 is 25.0 Å². The Balaban J connectivity index is 0.000000413. The minimum Gasteiger partial charge on any atom is -0.493 e. The molecule has 2 rings (SSSR count). The zero-order chi connectivity index (χ0) is 17.9. The molecule has 0 amide bonds. The lowest BCUT2D eigenvalue weighted by molar-refractivity contribution is -0.159. The number of hydrogen-bond donors (Lipinski definition) is 3. The fourth-order valence-corrected chi connectivity index (χ4v) is 2.56. The van der Waals surface area contributed by atoms with Crippen LogP contribution >= 0.6 is 0 Å². The molecule has 7 heteroatoms. The number of carboxylic acid groups (broad SMARTS) is 2. The molecule has 0 spiro atoms. The van der Waals surface area contributed by atoms with Gasteiger partial charge in [-0.25, -0.2) is 9.59 Å². The summed E-state index contributed by atoms with van der Waals surface area (Å²) in [5, 5.41) is 18.4. The van der Waals surface area contributed by atoms with Gasteiger partial charge in [-0.3, -0.25) is 0 Å². The van der Waals surface area contributed by atoms with Gasteiger partial charge >= 0.3 is 11.9 Å². The lowest BCUT2D eigenvalue weighted by atomic mass is 9.95. The molecule has 0 unspecified atom stereocenters. The summed E-state index contributed by atoms with van der Waals surface area (Å²) in [6.45, 7) is 0.908. The summed E-state index contributed by atoms with van der Waals surface area (Å²) in [4.78, 5) is 18.2. The van der Waals surface area contributed by atoms with Gasteiger partial charge in [-0.05, 0) is 30.5 Å². The molecule has 3 N–H and O–H groups in total. The number of carbonyl (C=O) groups is 2. The number of methoxy groups -OCH3 is 2. The third kappa shape index (κ3) is 6.87. The van der Waals surface area contributed by atoms with Crippen molar-refractivity contribution in [3.8, 4) is 11.5 Å². The average Bonchev–Trinajstić information content (AvgIpc) is 2.61. The van der Waals surface area contributed by atoms with Crippen LogP contribution in [-0.2, 0) is 16.1 Å². The first-order valence-corrected chi connectivity index (χ1v) is 7.88. The van der Waals surface area contributed by atoms with E-state index < -0.39 is 11.9 Å². The highest BCUT2D eigenvalue weighted by Crippen LogP contribution is 2.27. The Morgan fingerprint density at radius 1 is 1.04 bits per heavy atom. The van der Waals surface area contributed by atoms with Crippen molar-refractivity contribution in [3.63, 3.8) is 0 Å². The summed E-state index contributed by atoms with van der Waals surface area (Å²) in [6, 6.07) is 6.80. The Labute approximate surface area is 141 Å². The molecule has 1 saturated carbocycles. The summed E-state index contributed by atoms with van der Waals surface area (Å²) in [5.41, 5.74) is 1.25. The smallest absolute Gasteiger partial charge is 0.414 e. The van der Waals surface area contributed by atoms with Crippen molar-refractivity contribution >= 4 is 11.9 Å². The SMILES string of the molecule is COc1ccc(CNC2CCCCC2)cc1OC.O=C(O)C(=O)O. The first-order chi connectivity index (χ1) is 11.5. The van der Waals surface area contributed by atoms with Gasteiger partial charge in [-0.1, -0.05) is 25.3 Å². The second-order valence-corrected chi connectivity index (χ2v) is 5.52. The van der Waals surface area contributed by atoms with Gasteiger partial charge in [-0.2, -0.15) is 0 Å². The number of nitrogens with one attached hydrogen (secondary N) is 1. The number of carboxylic acids is 2. The highest BCUT2D eigenvalue weighted by atomic mass is 16.5. The van der Waals surface area contributed by atoms with E-state index in [-0.39, 0.29) is 0 Å². The lowest BCUT2D eigenvalue weighted by Crippen LogP contribution is -2.30. The molecule has 0 atom stereocenters. The van der Waals surface area contributed by atoms with E-state index >= 15 is 0 Å². The maximum absolute atomic E-state index is 9.10. The van der Waals surface area contributed by atoms with Crippen molar-refractivity contribution < 1.29 is 29.3 Å². The zero-order valence-corrected chi connectivity index (χ0v) is 14.1. The molecular weight excluding hydrogens is 314 g/mol. The van der Waals surface area contributed by atoms with Crippen LogP contribution in [0, 0.1) is 0 Å². The maximum atomic E-state index is 9.10. The molecule has 0 radical (unpaired) electrons. The Bertz CT molecular complexity index is 528. The number of hydrogen-bond acceptors (Lipinski definition) is 5. The number of rotatable bonds is 5. The average molecular weight is 339 g/mol. The molecule has 24 heavy (non-hydrogen) atoms. The maximum Gasteiger partial charge on any atom is 0.414 e. The predicted octanol–water partition coefficient (Wildman–Crippen LogP) is 2.28. The van der Waals surface area contributed by atoms with Gasteiger partial charge in [0.05, 0.1) is 14.2 Å². The fraction of sp³-hybridized carbons (Fsp3) is 0.529. The Morgan fingerprint density at radius 2 is 1.62 bits per heavy atom. The van der Waals surface area contributed by atoms with Crippen LogP contribution < -0.4 is 14.8 Å². The number of ether oxygens (including phenoxy) is 2. The first kappa shape index (κ1) is 19.8. The van der Waals surface area contributed by atoms with E-state index in [1.165, 1.54) is 37.7 Å². The summed E-state index contributed by atoms with van der Waals surface area (Å²) in [7, 11) is 3.34. The molecule has 1 aliphatic rings. The van der Waals surface area contributed by atoms with Gasteiger partial charge in [-0.15, -0.1) is 0 Å². The summed E-state index contributed by atoms with van der Waals surface area (Å²) >= 11 is 0. The van der Waals surface area contributed by atoms with Crippen molar-refractivity contribution in [2.45, 2.75) is 44.7 Å². The van der Waals surface area contributed by atoms with Crippen molar-refractivity contribution in [2.24, 2.45) is 0 Å². The van der Waals surface area contributed by atoms with Crippen LogP contribution in [0.3, 0.4) is 0 Å². The molecule has 0 aliphatic heterocycles. The Hall–Kier alpha value is -2.28. The van der Waals surface area contributed by atoms with E-state index in [0.717, 1.165) is 18.0 Å². The van der Waals surface area contributed by atoms with E-state index in [1.807, 2.05) is 6.07 Å². The van der Waals surface area contributed by atoms with Crippen molar-refractivity contribution in [3.05, 3.63) is 23.8 Å². The van der Waals surface area contributed by atoms with Gasteiger partial charge in [0.1, 0.15) is 0 Å². The summed E-state index contributed by atoms with van der Waals surface area (Å²) in [5.74, 6) is -2.05. The van der Waals surface area contributed by atoms with Crippen LogP contribution in [0.2, 0.25) is 0 Å². The van der Waals surface area contributed by atoms with E-state index in [2.05, 4.69) is 17.4 Å². The third-order valence-electron chi connectivity index (χ3n) is 3.83. The fourth-order valence-electron chi connectivity index (χ4n) is 2.56. The normalized spacial score (nSPS) is 14.2. The second-order valence-electron chi connectivity index (χ2n) is 5.52. The Kier molecular flexibility index (Phi) is 8.64. The van der Waals surface area contributed by atoms with E-state index in [1.54, 1.807) is 14.2 Å². The minimum atomic E-state index is -1.82. The van der Waals surface area contributed by atoms with E-state index in [4.69, 9.17) is 29.3 Å². The lowest BCUT2D eigenvalue weighted by Gasteiger charge is -2.23. The van der Waals surface area contributed by atoms with Crippen LogP contribution in [-0.4, -0.2) is 42.4 Å². The molecular formula is C17H25NO6. The molecule has 7 nitrogen and oxygen atoms in total. The highest BCUT2D eigenvalue weighted by Gasteiger charge is 2.12. The van der Waals surface area contributed by atoms with Crippen molar-refractivity contribution in [2.75, 3.05) is 14.2 Å². The highest BCUT2D eigenvalue weighted by molar-refractivity contribution is 6.27. The quantitative estimate of drug-likeness (QED) is 0.707. The van der Waals surface area contributed by atoms with E-state index in [0.29, 0.717) is 6.04 Å². The van der Waals surface area contributed by atoms with Crippen LogP contribution in [0.4, 0.5) is 0 Å². The zero-order valence-electron chi connectivity index (χ0n) is 14.1. The predicted molar refractivity (Wildman–Crippen MR) is 88.5 cm³/mol. The monoisotopic (exact) mass is 339 g/mol. The number of benzene rings is 1. The minimum absolute atomic E-state index is 0.687. The molecule has 1 fully saturated rings. The van der Waals surface area contributed by atoms with Gasteiger partial charge in [0.25, 0.3) is 0 Å². The molecule has 0 aromatic heterocycles. The van der Waals surface area contributed by atoms with Crippen LogP contribution in [0.1, 0.15) is 37.7 Å². The standard InChI is InChI=1S/C15H23NO2.C2H2O4/c1-17-14-9-8-12(10-15(14)18-2)11-16-13-6-4-3-5-7-13;3-1(4)2(5)6/h8-10,13,16H,3-7,11H2,1-2H3;(H,3,4)(H,5,6). The molecule has 0 saturated heterocycles. The third-order valence-corrected chi connectivity index (χ3v) is 3.83. The summed E-state index contributed by atoms with van der Waals surface area (Å²) in [6.07, 6.45) is 6.75. The van der Waals surface area contributed by atoms with Crippen LogP contribution in [0.5, 0.6) is 11.5 Å². The van der Waals surface area contributed by atoms with Gasteiger partial charge in [0.15, 0.2) is 11.5 Å². The molecule has 0 bridgehead atoms. The molecule has 1 aromatic rings. The van der Waals surface area contributed by atoms with Crippen molar-refractivity contribution in [1.82, 2.24) is 5.32 Å². The first-order valence-electron chi connectivity index (χ1n) is 7.88. The Morgan fingerprint density at radius 3 is 2.12 bits per heavy atom. The molecule has 1 aromatic carbocycles. The van der Waals surface area contributed by atoms with Crippen molar-refractivity contribution in [1.29, 1.82) is 0 Å². The van der Waals surface area contributed by atoms with Gasteiger partial charge in [0, 0.05) is 12.6 Å². The van der Waals surface area contributed by atoms with Crippen LogP contribution in [0.25, 0.3) is 0 Å². The molecule has 1 aliphatic carbocycles. The number of aliphatic carboxylic acids is 2. The van der Waals surface area contributed by atoms with Crippen LogP contribution in [0.15, 0.2) is 18.2 Å². The molecule has 134 valence electrons.